The predicted molar refractivity (Wildman–Crippen MR) is 122 cm³/mol. The Balaban J connectivity index is 1.69. The molecule has 2 aromatic rings. The summed E-state index contributed by atoms with van der Waals surface area (Å²) in [6.07, 6.45) is 7.29. The normalized spacial score (nSPS) is 18.0. The first-order valence-corrected chi connectivity index (χ1v) is 10.4. The molecule has 3 rings (SSSR count). The van der Waals surface area contributed by atoms with Crippen LogP contribution in [0, 0.1) is 12.8 Å². The monoisotopic (exact) mass is 389 g/mol. The van der Waals surface area contributed by atoms with Crippen molar-refractivity contribution in [1.29, 1.82) is 0 Å². The summed E-state index contributed by atoms with van der Waals surface area (Å²) in [5, 5.41) is 0. The van der Waals surface area contributed by atoms with Crippen LogP contribution in [-0.4, -0.2) is 24.2 Å². The molecule has 0 N–H and O–H groups in total. The number of hydrogen-bond donors (Lipinski definition) is 0. The summed E-state index contributed by atoms with van der Waals surface area (Å²) < 4.78 is 0. The van der Waals surface area contributed by atoms with Gasteiger partial charge in [0, 0.05) is 24.4 Å². The van der Waals surface area contributed by atoms with Crippen molar-refractivity contribution < 1.29 is 4.79 Å². The molecule has 152 valence electrons. The third-order valence-corrected chi connectivity index (χ3v) is 5.86. The quantitative estimate of drug-likeness (QED) is 0.568. The molecule has 1 aliphatic rings. The van der Waals surface area contributed by atoms with Gasteiger partial charge in [-0.1, -0.05) is 39.0 Å². The van der Waals surface area contributed by atoms with Gasteiger partial charge < -0.3 is 4.90 Å². The van der Waals surface area contributed by atoms with Gasteiger partial charge in [0.15, 0.2) is 0 Å². The Morgan fingerprint density at radius 2 is 2.07 bits per heavy atom. The molecule has 0 aliphatic carbocycles. The lowest BCUT2D eigenvalue weighted by molar-refractivity contribution is -0.120. The van der Waals surface area contributed by atoms with Gasteiger partial charge in [0.1, 0.15) is 0 Å². The molecule has 0 saturated carbocycles. The maximum atomic E-state index is 13.0. The fraction of sp³-hybridized carbons (Fsp3) is 0.400. The molecule has 29 heavy (non-hydrogen) atoms. The van der Waals surface area contributed by atoms with Crippen LogP contribution in [0.25, 0.3) is 6.08 Å². The molecule has 4 heteroatoms. The number of aliphatic imine (C=N–C) groups is 1. The van der Waals surface area contributed by atoms with Crippen LogP contribution in [0.15, 0.2) is 47.7 Å². The molecule has 1 aliphatic heterocycles. The number of amides is 1. The lowest BCUT2D eigenvalue weighted by Crippen LogP contribution is -2.27. The Morgan fingerprint density at radius 3 is 2.72 bits per heavy atom. The summed E-state index contributed by atoms with van der Waals surface area (Å²) in [5.74, 6) is 0.988. The van der Waals surface area contributed by atoms with Gasteiger partial charge in [-0.3, -0.25) is 14.8 Å². The van der Waals surface area contributed by atoms with E-state index in [9.17, 15) is 4.79 Å². The summed E-state index contributed by atoms with van der Waals surface area (Å²) >= 11 is 0. The van der Waals surface area contributed by atoms with Crippen molar-refractivity contribution in [3.63, 3.8) is 0 Å². The molecular weight excluding hydrogens is 358 g/mol. The summed E-state index contributed by atoms with van der Waals surface area (Å²) in [6.45, 7) is 12.8. The van der Waals surface area contributed by atoms with Gasteiger partial charge in [-0.05, 0) is 73.2 Å². The fourth-order valence-electron chi connectivity index (χ4n) is 3.95. The number of benzene rings is 1. The van der Waals surface area contributed by atoms with E-state index in [0.29, 0.717) is 11.8 Å². The molecule has 0 radical (unpaired) electrons. The second kappa shape index (κ2) is 9.17. The number of nitrogens with zero attached hydrogens (tertiary/aromatic N) is 3. The van der Waals surface area contributed by atoms with Crippen molar-refractivity contribution in [2.45, 2.75) is 52.4 Å². The zero-order valence-corrected chi connectivity index (χ0v) is 17.9. The fourth-order valence-corrected chi connectivity index (χ4v) is 3.95. The Kier molecular flexibility index (Phi) is 6.63. The van der Waals surface area contributed by atoms with Crippen molar-refractivity contribution >= 4 is 24.4 Å². The molecule has 0 spiro atoms. The van der Waals surface area contributed by atoms with Gasteiger partial charge in [-0.15, -0.1) is 0 Å². The topological polar surface area (TPSA) is 45.6 Å². The second-order valence-corrected chi connectivity index (χ2v) is 8.32. The Bertz CT molecular complexity index is 899. The van der Waals surface area contributed by atoms with E-state index in [0.717, 1.165) is 36.3 Å². The van der Waals surface area contributed by atoms with Crippen LogP contribution >= 0.6 is 0 Å². The van der Waals surface area contributed by atoms with Crippen molar-refractivity contribution in [2.75, 3.05) is 11.4 Å². The zero-order valence-electron chi connectivity index (χ0n) is 17.9. The highest BCUT2D eigenvalue weighted by atomic mass is 16.2. The molecular formula is C25H31N3O. The van der Waals surface area contributed by atoms with Crippen molar-refractivity contribution in [1.82, 2.24) is 4.98 Å². The number of aryl methyl sites for hydroxylation is 1. The van der Waals surface area contributed by atoms with Crippen LogP contribution in [0.5, 0.6) is 0 Å². The summed E-state index contributed by atoms with van der Waals surface area (Å²) in [4.78, 5) is 23.2. The highest BCUT2D eigenvalue weighted by Gasteiger charge is 2.33. The first-order chi connectivity index (χ1) is 13.9. The van der Waals surface area contributed by atoms with E-state index in [1.807, 2.05) is 29.3 Å². The lowest BCUT2D eigenvalue weighted by atomic mass is 9.88. The van der Waals surface area contributed by atoms with Crippen LogP contribution in [0.4, 0.5) is 5.69 Å². The van der Waals surface area contributed by atoms with E-state index in [4.69, 9.17) is 0 Å². The van der Waals surface area contributed by atoms with Crippen molar-refractivity contribution in [3.05, 3.63) is 65.1 Å². The summed E-state index contributed by atoms with van der Waals surface area (Å²) in [5.41, 5.74) is 5.59. The van der Waals surface area contributed by atoms with E-state index in [-0.39, 0.29) is 11.8 Å². The molecule has 0 bridgehead atoms. The number of hydrogen-bond acceptors (Lipinski definition) is 3. The highest BCUT2D eigenvalue weighted by molar-refractivity contribution is 5.97. The van der Waals surface area contributed by atoms with E-state index in [1.54, 1.807) is 6.20 Å². The number of pyridine rings is 1. The van der Waals surface area contributed by atoms with Crippen LogP contribution < -0.4 is 4.90 Å². The molecule has 2 atom stereocenters. The van der Waals surface area contributed by atoms with Gasteiger partial charge in [0.25, 0.3) is 0 Å². The largest absolute Gasteiger partial charge is 0.311 e. The molecule has 1 amide bonds. The molecule has 1 saturated heterocycles. The van der Waals surface area contributed by atoms with Crippen LogP contribution in [-0.2, 0) is 4.79 Å². The smallest absolute Gasteiger partial charge is 0.230 e. The van der Waals surface area contributed by atoms with Gasteiger partial charge >= 0.3 is 0 Å². The molecule has 1 aromatic carbocycles. The molecule has 2 heterocycles. The third kappa shape index (κ3) is 4.81. The third-order valence-electron chi connectivity index (χ3n) is 5.86. The summed E-state index contributed by atoms with van der Waals surface area (Å²) in [7, 11) is 0. The van der Waals surface area contributed by atoms with Crippen molar-refractivity contribution in [3.8, 4) is 0 Å². The molecule has 1 unspecified atom stereocenters. The Labute approximate surface area is 174 Å². The average molecular weight is 390 g/mol. The van der Waals surface area contributed by atoms with E-state index in [1.165, 1.54) is 11.1 Å². The second-order valence-electron chi connectivity index (χ2n) is 8.32. The van der Waals surface area contributed by atoms with E-state index >= 15 is 0 Å². The summed E-state index contributed by atoms with van der Waals surface area (Å²) in [6, 6.07) is 10.6. The van der Waals surface area contributed by atoms with Crippen LogP contribution in [0.2, 0.25) is 0 Å². The Morgan fingerprint density at radius 1 is 1.28 bits per heavy atom. The maximum absolute atomic E-state index is 13.0. The number of anilines is 1. The van der Waals surface area contributed by atoms with Crippen LogP contribution in [0.1, 0.15) is 67.8 Å². The first-order valence-electron chi connectivity index (χ1n) is 10.4. The maximum Gasteiger partial charge on any atom is 0.230 e. The predicted octanol–water partition coefficient (Wildman–Crippen LogP) is 5.73. The Hall–Kier alpha value is -2.75. The van der Waals surface area contributed by atoms with Gasteiger partial charge in [0.2, 0.25) is 5.91 Å². The van der Waals surface area contributed by atoms with Crippen molar-refractivity contribution in [2.24, 2.45) is 10.9 Å². The van der Waals surface area contributed by atoms with Gasteiger partial charge in [0.05, 0.1) is 11.9 Å². The minimum Gasteiger partial charge on any atom is -0.311 e. The van der Waals surface area contributed by atoms with Crippen LogP contribution in [0.3, 0.4) is 0 Å². The van der Waals surface area contributed by atoms with Gasteiger partial charge in [-0.25, -0.2) is 0 Å². The number of carbonyl (C=O) groups excluding carboxylic acids is 1. The molecule has 1 fully saturated rings. The van der Waals surface area contributed by atoms with E-state index in [2.05, 4.69) is 62.6 Å². The minimum absolute atomic E-state index is 0.0601. The number of carbonyl (C=O) groups is 1. The zero-order chi connectivity index (χ0) is 21.0. The first kappa shape index (κ1) is 21.0. The molecule has 4 nitrogen and oxygen atoms in total. The van der Waals surface area contributed by atoms with Gasteiger partial charge in [-0.2, -0.15) is 0 Å². The lowest BCUT2D eigenvalue weighted by Gasteiger charge is -2.19. The number of rotatable bonds is 7. The standard InChI is InChI=1S/C25H31N3O/c1-17(2)24-9-8-23(16-27-24)28-13-11-22(25(28)29)14-19(4)20-7-6-18(3)21(15-20)10-12-26-5/h6-10,12,15-17,19,22H,5,11,13-14H2,1-4H3/b12-10-/t19-,22?/m0/s1. The van der Waals surface area contributed by atoms with E-state index < -0.39 is 0 Å². The number of aromatic nitrogens is 1. The molecule has 1 aromatic heterocycles. The highest BCUT2D eigenvalue weighted by Crippen LogP contribution is 2.33. The average Bonchev–Trinajstić information content (AvgIpc) is 3.07. The SMILES string of the molecule is C=N/C=C\c1cc([C@@H](C)CC2CCN(c3ccc(C(C)C)nc3)C2=O)ccc1C. The minimum atomic E-state index is 0.0601.